The lowest BCUT2D eigenvalue weighted by Gasteiger charge is -2.14. The summed E-state index contributed by atoms with van der Waals surface area (Å²) < 4.78 is 1.45. The Morgan fingerprint density at radius 1 is 0.714 bits per heavy atom. The highest BCUT2D eigenvalue weighted by Crippen LogP contribution is 2.25. The smallest absolute Gasteiger partial charge is 0.255 e. The molecule has 8 nitrogen and oxygen atoms in total. The summed E-state index contributed by atoms with van der Waals surface area (Å²) in [5.41, 5.74) is 7.08. The van der Waals surface area contributed by atoms with E-state index in [1.165, 1.54) is 28.8 Å². The van der Waals surface area contributed by atoms with Gasteiger partial charge in [-0.2, -0.15) is 0 Å². The summed E-state index contributed by atoms with van der Waals surface area (Å²) >= 11 is 5.88. The van der Waals surface area contributed by atoms with Crippen LogP contribution in [-0.2, 0) is 0 Å². The maximum absolute atomic E-state index is 12.9. The summed E-state index contributed by atoms with van der Waals surface area (Å²) in [6, 6.07) is 21.8. The van der Waals surface area contributed by atoms with E-state index in [1.807, 2.05) is 0 Å². The molecule has 0 spiro atoms. The Labute approximate surface area is 205 Å². The van der Waals surface area contributed by atoms with Gasteiger partial charge in [0, 0.05) is 39.7 Å². The predicted molar refractivity (Wildman–Crippen MR) is 134 cm³/mol. The van der Waals surface area contributed by atoms with Crippen LogP contribution < -0.4 is 21.9 Å². The van der Waals surface area contributed by atoms with Gasteiger partial charge in [-0.05, 0) is 72.8 Å². The molecule has 1 heterocycles. The second-order valence-electron chi connectivity index (χ2n) is 7.50. The number of anilines is 2. The third-order valence-corrected chi connectivity index (χ3v) is 5.39. The van der Waals surface area contributed by atoms with Crippen molar-refractivity contribution in [3.05, 3.63) is 123 Å². The molecular formula is C26H19ClN4O4. The molecule has 174 valence electrons. The van der Waals surface area contributed by atoms with Crippen LogP contribution in [0.1, 0.15) is 31.1 Å². The molecule has 9 heteroatoms. The van der Waals surface area contributed by atoms with Gasteiger partial charge in [-0.15, -0.1) is 0 Å². The number of nitrogens with one attached hydrogen (secondary N) is 2. The first-order valence-electron chi connectivity index (χ1n) is 10.4. The van der Waals surface area contributed by atoms with Gasteiger partial charge in [0.05, 0.1) is 11.4 Å². The Balaban J connectivity index is 1.58. The zero-order chi connectivity index (χ0) is 24.9. The molecule has 1 aromatic heterocycles. The highest BCUT2D eigenvalue weighted by atomic mass is 35.5. The molecule has 0 saturated heterocycles. The number of halogens is 1. The molecule has 0 aliphatic rings. The molecule has 3 aromatic carbocycles. The fourth-order valence-electron chi connectivity index (χ4n) is 3.31. The zero-order valence-corrected chi connectivity index (χ0v) is 19.0. The van der Waals surface area contributed by atoms with E-state index >= 15 is 0 Å². The van der Waals surface area contributed by atoms with E-state index in [2.05, 4.69) is 10.6 Å². The van der Waals surface area contributed by atoms with Crippen molar-refractivity contribution >= 4 is 40.7 Å². The Morgan fingerprint density at radius 2 is 1.29 bits per heavy atom. The number of primary amides is 1. The number of carbonyl (C=O) groups excluding carboxylic acids is 3. The van der Waals surface area contributed by atoms with Crippen molar-refractivity contribution < 1.29 is 14.4 Å². The molecule has 3 amide bonds. The van der Waals surface area contributed by atoms with Crippen LogP contribution in [0.25, 0.3) is 5.69 Å². The normalized spacial score (nSPS) is 10.4. The number of carbonyl (C=O) groups is 3. The van der Waals surface area contributed by atoms with Crippen LogP contribution >= 0.6 is 11.6 Å². The molecule has 0 unspecified atom stereocenters. The van der Waals surface area contributed by atoms with Gasteiger partial charge in [-0.25, -0.2) is 0 Å². The first-order valence-corrected chi connectivity index (χ1v) is 10.8. The van der Waals surface area contributed by atoms with Gasteiger partial charge >= 0.3 is 0 Å². The number of rotatable bonds is 6. The van der Waals surface area contributed by atoms with Gasteiger partial charge in [0.2, 0.25) is 5.91 Å². The molecule has 0 atom stereocenters. The summed E-state index contributed by atoms with van der Waals surface area (Å²) in [6.45, 7) is 0. The van der Waals surface area contributed by atoms with E-state index in [0.717, 1.165) is 0 Å². The van der Waals surface area contributed by atoms with Crippen molar-refractivity contribution in [1.82, 2.24) is 4.57 Å². The number of hydrogen-bond donors (Lipinski definition) is 3. The fourth-order valence-corrected chi connectivity index (χ4v) is 3.44. The lowest BCUT2D eigenvalue weighted by atomic mass is 10.1. The number of pyridine rings is 1. The topological polar surface area (TPSA) is 123 Å². The molecule has 0 fully saturated rings. The molecule has 0 aliphatic carbocycles. The lowest BCUT2D eigenvalue weighted by molar-refractivity contribution is 0.0996. The van der Waals surface area contributed by atoms with Crippen LogP contribution in [0.4, 0.5) is 11.4 Å². The SMILES string of the molecule is NC(=O)c1ccc(NC(=O)c2ccc(-n3ccccc3=O)cc2)c(NC(=O)c2ccc(Cl)cc2)c1. The quantitative estimate of drug-likeness (QED) is 0.379. The van der Waals surface area contributed by atoms with Crippen molar-refractivity contribution in [2.45, 2.75) is 0 Å². The highest BCUT2D eigenvalue weighted by Gasteiger charge is 2.15. The van der Waals surface area contributed by atoms with E-state index in [0.29, 0.717) is 21.8 Å². The van der Waals surface area contributed by atoms with Crippen LogP contribution in [-0.4, -0.2) is 22.3 Å². The van der Waals surface area contributed by atoms with Crippen LogP contribution in [0.2, 0.25) is 5.02 Å². The first-order chi connectivity index (χ1) is 16.8. The van der Waals surface area contributed by atoms with Crippen LogP contribution in [0.3, 0.4) is 0 Å². The number of benzene rings is 3. The fraction of sp³-hybridized carbons (Fsp3) is 0. The predicted octanol–water partition coefficient (Wildman–Crippen LogP) is 4.09. The van der Waals surface area contributed by atoms with Crippen LogP contribution in [0.5, 0.6) is 0 Å². The Hall–Kier alpha value is -4.69. The molecule has 4 N–H and O–H groups in total. The molecule has 0 radical (unpaired) electrons. The molecular weight excluding hydrogens is 468 g/mol. The van der Waals surface area contributed by atoms with Gasteiger partial charge < -0.3 is 16.4 Å². The van der Waals surface area contributed by atoms with Crippen molar-refractivity contribution in [3.63, 3.8) is 0 Å². The van der Waals surface area contributed by atoms with E-state index in [-0.39, 0.29) is 22.5 Å². The number of amides is 3. The maximum atomic E-state index is 12.9. The minimum absolute atomic E-state index is 0.159. The van der Waals surface area contributed by atoms with E-state index in [1.54, 1.807) is 66.9 Å². The van der Waals surface area contributed by atoms with Crippen molar-refractivity contribution in [2.75, 3.05) is 10.6 Å². The summed E-state index contributed by atoms with van der Waals surface area (Å²) in [6.07, 6.45) is 1.63. The second-order valence-corrected chi connectivity index (χ2v) is 7.93. The summed E-state index contributed by atoms with van der Waals surface area (Å²) in [5.74, 6) is -1.60. The Morgan fingerprint density at radius 3 is 1.89 bits per heavy atom. The molecule has 4 aromatic rings. The van der Waals surface area contributed by atoms with Gasteiger partial charge in [0.15, 0.2) is 0 Å². The van der Waals surface area contributed by atoms with Crippen molar-refractivity contribution in [2.24, 2.45) is 5.73 Å². The molecule has 0 aliphatic heterocycles. The van der Waals surface area contributed by atoms with E-state index in [4.69, 9.17) is 17.3 Å². The third kappa shape index (κ3) is 5.45. The van der Waals surface area contributed by atoms with Gasteiger partial charge in [-0.1, -0.05) is 17.7 Å². The second kappa shape index (κ2) is 10.1. The third-order valence-electron chi connectivity index (χ3n) is 5.14. The minimum atomic E-state index is -0.684. The molecule has 0 bridgehead atoms. The number of nitrogens with two attached hydrogens (primary N) is 1. The minimum Gasteiger partial charge on any atom is -0.366 e. The zero-order valence-electron chi connectivity index (χ0n) is 18.2. The van der Waals surface area contributed by atoms with Gasteiger partial charge in [-0.3, -0.25) is 23.7 Å². The van der Waals surface area contributed by atoms with Crippen LogP contribution in [0.15, 0.2) is 95.9 Å². The van der Waals surface area contributed by atoms with Gasteiger partial charge in [0.25, 0.3) is 17.4 Å². The van der Waals surface area contributed by atoms with Crippen LogP contribution in [0, 0.1) is 0 Å². The average molecular weight is 487 g/mol. The van der Waals surface area contributed by atoms with E-state index < -0.39 is 17.7 Å². The molecule has 35 heavy (non-hydrogen) atoms. The summed E-state index contributed by atoms with van der Waals surface area (Å²) in [7, 11) is 0. The number of nitrogens with zero attached hydrogens (tertiary/aromatic N) is 1. The Bertz CT molecular complexity index is 1480. The van der Waals surface area contributed by atoms with E-state index in [9.17, 15) is 19.2 Å². The molecule has 0 saturated carbocycles. The monoisotopic (exact) mass is 486 g/mol. The number of aromatic nitrogens is 1. The summed E-state index contributed by atoms with van der Waals surface area (Å²) in [5, 5.41) is 5.91. The van der Waals surface area contributed by atoms with Crippen molar-refractivity contribution in [3.8, 4) is 5.69 Å². The standard InChI is InChI=1S/C26H19ClN4O4/c27-19-9-4-16(5-10-19)26(35)30-22-15-18(24(28)33)8-13-21(22)29-25(34)17-6-11-20(12-7-17)31-14-2-1-3-23(31)32/h1-15H,(H2,28,33)(H,29,34)(H,30,35). The number of hydrogen-bond acceptors (Lipinski definition) is 4. The Kier molecular flexibility index (Phi) is 6.75. The lowest BCUT2D eigenvalue weighted by Crippen LogP contribution is -2.19. The van der Waals surface area contributed by atoms with Gasteiger partial charge in [0.1, 0.15) is 0 Å². The average Bonchev–Trinajstić information content (AvgIpc) is 2.85. The van der Waals surface area contributed by atoms with Crippen molar-refractivity contribution in [1.29, 1.82) is 0 Å². The highest BCUT2D eigenvalue weighted by molar-refractivity contribution is 6.30. The molecule has 4 rings (SSSR count). The first kappa shape index (κ1) is 23.5. The largest absolute Gasteiger partial charge is 0.366 e. The summed E-state index contributed by atoms with van der Waals surface area (Å²) in [4.78, 5) is 49.3. The maximum Gasteiger partial charge on any atom is 0.255 e.